The zero-order chi connectivity index (χ0) is 38.7. The van der Waals surface area contributed by atoms with Gasteiger partial charge < -0.3 is 9.13 Å². The van der Waals surface area contributed by atoms with Crippen molar-refractivity contribution in [2.24, 2.45) is 0 Å². The molecule has 3 aromatic heterocycles. The minimum Gasteiger partial charge on any atom is -0.309 e. The second-order valence-electron chi connectivity index (χ2n) is 15.0. The van der Waals surface area contributed by atoms with Crippen LogP contribution in [0.5, 0.6) is 0 Å². The standard InChI is InChI=1S/C53H37N5/c1-34-32-50(58-48-24-14-11-21-43(48)45-33-40(29-30-49(45)58)57-46-22-12-9-19-41(46)42-20-10-13-23-47(42)57)35(2)31-44(34)36-25-27-39(28-26-36)53-55-51(37-15-5-3-6-16-37)54-52(56-53)38-17-7-4-8-18-38/h3-33H,1-2H3. The monoisotopic (exact) mass is 743 g/mol. The van der Waals surface area contributed by atoms with Gasteiger partial charge in [-0.3, -0.25) is 0 Å². The highest BCUT2D eigenvalue weighted by molar-refractivity contribution is 6.12. The van der Waals surface area contributed by atoms with E-state index >= 15 is 0 Å². The zero-order valence-electron chi connectivity index (χ0n) is 32.1. The molecule has 0 N–H and O–H groups in total. The van der Waals surface area contributed by atoms with Crippen LogP contribution in [0.1, 0.15) is 11.1 Å². The summed E-state index contributed by atoms with van der Waals surface area (Å²) < 4.78 is 4.84. The van der Waals surface area contributed by atoms with Crippen LogP contribution in [0, 0.1) is 13.8 Å². The number of aryl methyl sites for hydroxylation is 2. The summed E-state index contributed by atoms with van der Waals surface area (Å²) in [6.45, 7) is 4.44. The van der Waals surface area contributed by atoms with Gasteiger partial charge >= 0.3 is 0 Å². The Hall–Kier alpha value is -7.63. The Morgan fingerprint density at radius 2 is 0.759 bits per heavy atom. The Bertz CT molecular complexity index is 3230. The third-order valence-electron chi connectivity index (χ3n) is 11.4. The normalized spacial score (nSPS) is 11.6. The molecule has 0 aliphatic carbocycles. The van der Waals surface area contributed by atoms with E-state index in [2.05, 4.69) is 150 Å². The van der Waals surface area contributed by atoms with E-state index in [-0.39, 0.29) is 0 Å². The van der Waals surface area contributed by atoms with Crippen molar-refractivity contribution < 1.29 is 0 Å². The van der Waals surface area contributed by atoms with Crippen molar-refractivity contribution in [2.75, 3.05) is 0 Å². The molecule has 0 aliphatic heterocycles. The predicted molar refractivity (Wildman–Crippen MR) is 240 cm³/mol. The van der Waals surface area contributed by atoms with Crippen LogP contribution in [0.4, 0.5) is 0 Å². The van der Waals surface area contributed by atoms with Gasteiger partial charge in [0, 0.05) is 49.6 Å². The summed E-state index contributed by atoms with van der Waals surface area (Å²) >= 11 is 0. The molecule has 11 aromatic rings. The van der Waals surface area contributed by atoms with E-state index in [0.717, 1.165) is 27.9 Å². The van der Waals surface area contributed by atoms with Crippen molar-refractivity contribution >= 4 is 43.6 Å². The van der Waals surface area contributed by atoms with Crippen molar-refractivity contribution in [3.63, 3.8) is 0 Å². The fourth-order valence-electron chi connectivity index (χ4n) is 8.65. The van der Waals surface area contributed by atoms with Gasteiger partial charge in [-0.25, -0.2) is 15.0 Å². The molecule has 8 aromatic carbocycles. The quantitative estimate of drug-likeness (QED) is 0.170. The molecule has 3 heterocycles. The van der Waals surface area contributed by atoms with Gasteiger partial charge in [0.25, 0.3) is 0 Å². The maximum atomic E-state index is 4.94. The first-order valence-electron chi connectivity index (χ1n) is 19.7. The fraction of sp³-hybridized carbons (Fsp3) is 0.0377. The van der Waals surface area contributed by atoms with Crippen LogP contribution < -0.4 is 0 Å². The molecule has 5 nitrogen and oxygen atoms in total. The smallest absolute Gasteiger partial charge is 0.164 e. The molecule has 5 heteroatoms. The molecule has 274 valence electrons. The number of fused-ring (bicyclic) bond motifs is 6. The third-order valence-corrected chi connectivity index (χ3v) is 11.4. The van der Waals surface area contributed by atoms with Crippen molar-refractivity contribution in [3.05, 3.63) is 199 Å². The van der Waals surface area contributed by atoms with Crippen LogP contribution in [0.2, 0.25) is 0 Å². The van der Waals surface area contributed by atoms with Gasteiger partial charge in [0.15, 0.2) is 17.5 Å². The molecule has 0 amide bonds. The third kappa shape index (κ3) is 5.51. The molecule has 0 radical (unpaired) electrons. The van der Waals surface area contributed by atoms with Crippen molar-refractivity contribution in [1.82, 2.24) is 24.1 Å². The van der Waals surface area contributed by atoms with E-state index in [1.165, 1.54) is 66.0 Å². The van der Waals surface area contributed by atoms with E-state index in [9.17, 15) is 0 Å². The highest BCUT2D eigenvalue weighted by Crippen LogP contribution is 2.39. The van der Waals surface area contributed by atoms with Crippen molar-refractivity contribution in [1.29, 1.82) is 0 Å². The minimum absolute atomic E-state index is 0.648. The Kier molecular flexibility index (Phi) is 7.86. The second kappa shape index (κ2) is 13.5. The van der Waals surface area contributed by atoms with Crippen LogP contribution in [0.15, 0.2) is 188 Å². The van der Waals surface area contributed by atoms with Crippen LogP contribution in [-0.4, -0.2) is 24.1 Å². The molecule has 11 rings (SSSR count). The first-order chi connectivity index (χ1) is 28.6. The lowest BCUT2D eigenvalue weighted by atomic mass is 9.96. The highest BCUT2D eigenvalue weighted by atomic mass is 15.0. The second-order valence-corrected chi connectivity index (χ2v) is 15.0. The summed E-state index contributed by atoms with van der Waals surface area (Å²) in [4.78, 5) is 14.8. The van der Waals surface area contributed by atoms with E-state index in [1.807, 2.05) is 60.7 Å². The van der Waals surface area contributed by atoms with Gasteiger partial charge in [-0.1, -0.05) is 140 Å². The molecule has 58 heavy (non-hydrogen) atoms. The maximum Gasteiger partial charge on any atom is 0.164 e. The zero-order valence-corrected chi connectivity index (χ0v) is 32.1. The van der Waals surface area contributed by atoms with Gasteiger partial charge in [0.05, 0.1) is 22.1 Å². The summed E-state index contributed by atoms with van der Waals surface area (Å²) in [5.74, 6) is 1.96. The summed E-state index contributed by atoms with van der Waals surface area (Å²) in [6.07, 6.45) is 0. The van der Waals surface area contributed by atoms with E-state index in [1.54, 1.807) is 0 Å². The first kappa shape index (κ1) is 33.7. The predicted octanol–water partition coefficient (Wildman–Crippen LogP) is 13.4. The van der Waals surface area contributed by atoms with Crippen molar-refractivity contribution in [2.45, 2.75) is 13.8 Å². The summed E-state index contributed by atoms with van der Waals surface area (Å²) in [5.41, 5.74) is 14.8. The molecule has 0 bridgehead atoms. The number of hydrogen-bond acceptors (Lipinski definition) is 3. The summed E-state index contributed by atoms with van der Waals surface area (Å²) in [6, 6.07) is 66.6. The molecule has 0 atom stereocenters. The molecule has 0 unspecified atom stereocenters. The molecule has 0 saturated heterocycles. The number of para-hydroxylation sites is 3. The maximum absolute atomic E-state index is 4.94. The van der Waals surface area contributed by atoms with Gasteiger partial charge in [0.1, 0.15) is 0 Å². The topological polar surface area (TPSA) is 48.5 Å². The van der Waals surface area contributed by atoms with Crippen LogP contribution in [0.3, 0.4) is 0 Å². The van der Waals surface area contributed by atoms with E-state index < -0.39 is 0 Å². The summed E-state index contributed by atoms with van der Waals surface area (Å²) in [7, 11) is 0. The highest BCUT2D eigenvalue weighted by Gasteiger charge is 2.19. The largest absolute Gasteiger partial charge is 0.309 e. The van der Waals surface area contributed by atoms with E-state index in [4.69, 9.17) is 15.0 Å². The lowest BCUT2D eigenvalue weighted by Gasteiger charge is -2.16. The SMILES string of the molecule is Cc1cc(-n2c3ccccc3c3cc(-n4c5ccccc5c5ccccc54)ccc32)c(C)cc1-c1ccc(-c2nc(-c3ccccc3)nc(-c3ccccc3)n2)cc1. The van der Waals surface area contributed by atoms with Gasteiger partial charge in [-0.15, -0.1) is 0 Å². The molecule has 0 spiro atoms. The van der Waals surface area contributed by atoms with Crippen LogP contribution in [0.25, 0.3) is 100 Å². The Morgan fingerprint density at radius 1 is 0.328 bits per heavy atom. The van der Waals surface area contributed by atoms with Crippen LogP contribution >= 0.6 is 0 Å². The lowest BCUT2D eigenvalue weighted by molar-refractivity contribution is 1.07. The molecule has 0 fully saturated rings. The van der Waals surface area contributed by atoms with E-state index in [0.29, 0.717) is 17.5 Å². The number of rotatable bonds is 6. The average Bonchev–Trinajstić information content (AvgIpc) is 3.80. The number of aromatic nitrogens is 5. The number of nitrogens with zero attached hydrogens (tertiary/aromatic N) is 5. The van der Waals surface area contributed by atoms with Crippen molar-refractivity contribution in [3.8, 4) is 56.7 Å². The molecular weight excluding hydrogens is 707 g/mol. The lowest BCUT2D eigenvalue weighted by Crippen LogP contribution is -2.00. The van der Waals surface area contributed by atoms with Crippen LogP contribution in [-0.2, 0) is 0 Å². The molecular formula is C53H37N5. The number of benzene rings is 8. The van der Waals surface area contributed by atoms with Gasteiger partial charge in [-0.05, 0) is 84.6 Å². The Labute approximate surface area is 336 Å². The average molecular weight is 744 g/mol. The number of hydrogen-bond donors (Lipinski definition) is 0. The van der Waals surface area contributed by atoms with Gasteiger partial charge in [-0.2, -0.15) is 0 Å². The Balaban J connectivity index is 0.989. The first-order valence-corrected chi connectivity index (χ1v) is 19.7. The summed E-state index contributed by atoms with van der Waals surface area (Å²) in [5, 5.41) is 5.00. The fourth-order valence-corrected chi connectivity index (χ4v) is 8.65. The molecule has 0 saturated carbocycles. The van der Waals surface area contributed by atoms with Gasteiger partial charge in [0.2, 0.25) is 0 Å². The Morgan fingerprint density at radius 3 is 1.31 bits per heavy atom. The molecule has 0 aliphatic rings. The minimum atomic E-state index is 0.648.